The third kappa shape index (κ3) is 5.09. The van der Waals surface area contributed by atoms with E-state index in [1.54, 1.807) is 0 Å². The molecule has 14 heavy (non-hydrogen) atoms. The molecule has 0 bridgehead atoms. The molecule has 0 aromatic heterocycles. The van der Waals surface area contributed by atoms with Crippen molar-refractivity contribution < 1.29 is 47.6 Å². The molecule has 0 radical (unpaired) electrons. The van der Waals surface area contributed by atoms with E-state index in [4.69, 9.17) is 5.11 Å². The molecule has 1 unspecified atom stereocenters. The molecule has 0 amide bonds. The summed E-state index contributed by atoms with van der Waals surface area (Å²) in [5.41, 5.74) is -1.70. The third-order valence-electron chi connectivity index (χ3n) is 2.59. The standard InChI is InChI=1S/C8H16O4S.Na/c9-8(13(10,11)12)6-7-4-2-1-3-5-7;/h7-9H,1-6H2,(H,10,11,12);/q;+1/p-1. The van der Waals surface area contributed by atoms with Gasteiger partial charge in [0.2, 0.25) is 0 Å². The average Bonchev–Trinajstić information content (AvgIpc) is 2.04. The van der Waals surface area contributed by atoms with Gasteiger partial charge in [0.1, 0.15) is 15.6 Å². The summed E-state index contributed by atoms with van der Waals surface area (Å²) in [6, 6.07) is 0. The van der Waals surface area contributed by atoms with E-state index >= 15 is 0 Å². The van der Waals surface area contributed by atoms with Crippen molar-refractivity contribution in [2.45, 2.75) is 44.0 Å². The topological polar surface area (TPSA) is 77.4 Å². The Kier molecular flexibility index (Phi) is 6.85. The van der Waals surface area contributed by atoms with Crippen molar-refractivity contribution in [2.24, 2.45) is 5.92 Å². The molecule has 0 aliphatic heterocycles. The van der Waals surface area contributed by atoms with E-state index < -0.39 is 15.6 Å². The zero-order valence-corrected chi connectivity index (χ0v) is 11.3. The minimum Gasteiger partial charge on any atom is -0.746 e. The molecule has 0 aromatic carbocycles. The summed E-state index contributed by atoms with van der Waals surface area (Å²) in [6.07, 6.45) is 5.33. The van der Waals surface area contributed by atoms with Crippen LogP contribution in [0.3, 0.4) is 0 Å². The van der Waals surface area contributed by atoms with Gasteiger partial charge < -0.3 is 9.66 Å². The number of aliphatic hydroxyl groups is 1. The van der Waals surface area contributed by atoms with Gasteiger partial charge in [-0.05, 0) is 12.3 Å². The molecule has 1 aliphatic rings. The van der Waals surface area contributed by atoms with Crippen LogP contribution in [0.2, 0.25) is 0 Å². The van der Waals surface area contributed by atoms with Crippen molar-refractivity contribution in [3.63, 3.8) is 0 Å². The molecule has 0 aromatic rings. The molecule has 78 valence electrons. The molecule has 1 rings (SSSR count). The van der Waals surface area contributed by atoms with Gasteiger partial charge in [-0.25, -0.2) is 8.42 Å². The van der Waals surface area contributed by atoms with Crippen LogP contribution in [0, 0.1) is 5.92 Å². The van der Waals surface area contributed by atoms with Gasteiger partial charge in [0.25, 0.3) is 0 Å². The van der Waals surface area contributed by atoms with E-state index in [1.165, 1.54) is 6.42 Å². The Morgan fingerprint density at radius 3 is 2.21 bits per heavy atom. The second-order valence-electron chi connectivity index (χ2n) is 3.69. The molecule has 1 atom stereocenters. The Morgan fingerprint density at radius 1 is 1.29 bits per heavy atom. The summed E-state index contributed by atoms with van der Waals surface area (Å²) in [7, 11) is -4.50. The molecular weight excluding hydrogens is 215 g/mol. The molecule has 0 spiro atoms. The van der Waals surface area contributed by atoms with E-state index in [1.807, 2.05) is 0 Å². The third-order valence-corrected chi connectivity index (χ3v) is 3.45. The molecule has 1 fully saturated rings. The molecule has 1 N–H and O–H groups in total. The minimum atomic E-state index is -4.50. The monoisotopic (exact) mass is 230 g/mol. The van der Waals surface area contributed by atoms with Gasteiger partial charge in [0.15, 0.2) is 0 Å². The maximum absolute atomic E-state index is 10.4. The summed E-state index contributed by atoms with van der Waals surface area (Å²) in [5.74, 6) is 0.215. The first-order chi connectivity index (χ1) is 6.00. The van der Waals surface area contributed by atoms with Gasteiger partial charge in [0.05, 0.1) is 0 Å². The van der Waals surface area contributed by atoms with Gasteiger partial charge in [-0.3, -0.25) is 0 Å². The average molecular weight is 230 g/mol. The van der Waals surface area contributed by atoms with E-state index in [-0.39, 0.29) is 41.9 Å². The fourth-order valence-electron chi connectivity index (χ4n) is 1.83. The Morgan fingerprint density at radius 2 is 1.79 bits per heavy atom. The smallest absolute Gasteiger partial charge is 0.746 e. The van der Waals surface area contributed by atoms with E-state index in [2.05, 4.69) is 0 Å². The second kappa shape index (κ2) is 6.45. The normalized spacial score (nSPS) is 21.3. The number of aliphatic hydroxyl groups excluding tert-OH is 1. The zero-order chi connectivity index (χ0) is 9.90. The maximum atomic E-state index is 10.4. The summed E-state index contributed by atoms with van der Waals surface area (Å²) in [5, 5.41) is 9.04. The number of hydrogen-bond acceptors (Lipinski definition) is 4. The Labute approximate surface area is 107 Å². The van der Waals surface area contributed by atoms with Crippen molar-refractivity contribution in [2.75, 3.05) is 0 Å². The SMILES string of the molecule is O=S(=O)([O-])C(O)CC1CCCCC1.[Na+]. The number of hydrogen-bond donors (Lipinski definition) is 1. The van der Waals surface area contributed by atoms with Crippen LogP contribution in [0.4, 0.5) is 0 Å². The fraction of sp³-hybridized carbons (Fsp3) is 1.00. The Bertz CT molecular complexity index is 246. The van der Waals surface area contributed by atoms with Gasteiger partial charge in [-0.1, -0.05) is 32.1 Å². The van der Waals surface area contributed by atoms with Crippen molar-refractivity contribution in [1.82, 2.24) is 0 Å². The van der Waals surface area contributed by atoms with Crippen molar-refractivity contribution in [3.05, 3.63) is 0 Å². The Hall–Kier alpha value is 0.870. The summed E-state index contributed by atoms with van der Waals surface area (Å²) < 4.78 is 31.2. The number of rotatable bonds is 3. The minimum absolute atomic E-state index is 0. The van der Waals surface area contributed by atoms with Gasteiger partial charge >= 0.3 is 29.6 Å². The molecular formula is C8H15NaO4S. The van der Waals surface area contributed by atoms with Crippen LogP contribution in [0.5, 0.6) is 0 Å². The van der Waals surface area contributed by atoms with Crippen molar-refractivity contribution in [1.29, 1.82) is 0 Å². The van der Waals surface area contributed by atoms with Crippen LogP contribution >= 0.6 is 0 Å². The van der Waals surface area contributed by atoms with Crippen LogP contribution in [0.15, 0.2) is 0 Å². The molecule has 1 aliphatic carbocycles. The maximum Gasteiger partial charge on any atom is 1.00 e. The molecule has 0 heterocycles. The van der Waals surface area contributed by atoms with Crippen LogP contribution in [0.1, 0.15) is 38.5 Å². The first-order valence-electron chi connectivity index (χ1n) is 4.63. The van der Waals surface area contributed by atoms with E-state index in [0.29, 0.717) is 0 Å². The molecule has 0 saturated heterocycles. The zero-order valence-electron chi connectivity index (χ0n) is 8.48. The van der Waals surface area contributed by atoms with Crippen LogP contribution in [-0.4, -0.2) is 23.5 Å². The van der Waals surface area contributed by atoms with E-state index in [9.17, 15) is 13.0 Å². The first kappa shape index (κ1) is 14.9. The molecule has 4 nitrogen and oxygen atoms in total. The second-order valence-corrected chi connectivity index (χ2v) is 5.22. The van der Waals surface area contributed by atoms with Gasteiger partial charge in [-0.2, -0.15) is 0 Å². The Balaban J connectivity index is 0.00000169. The van der Waals surface area contributed by atoms with Crippen LogP contribution in [0.25, 0.3) is 0 Å². The summed E-state index contributed by atoms with van der Waals surface area (Å²) in [6.45, 7) is 0. The van der Waals surface area contributed by atoms with Gasteiger partial charge in [-0.15, -0.1) is 0 Å². The van der Waals surface area contributed by atoms with Crippen LogP contribution in [-0.2, 0) is 10.1 Å². The predicted molar refractivity (Wildman–Crippen MR) is 46.9 cm³/mol. The van der Waals surface area contributed by atoms with Crippen molar-refractivity contribution in [3.8, 4) is 0 Å². The first-order valence-corrected chi connectivity index (χ1v) is 6.10. The van der Waals surface area contributed by atoms with E-state index in [0.717, 1.165) is 25.7 Å². The quantitative estimate of drug-likeness (QED) is 0.442. The molecule has 1 saturated carbocycles. The summed E-state index contributed by atoms with van der Waals surface area (Å²) >= 11 is 0. The summed E-state index contributed by atoms with van der Waals surface area (Å²) in [4.78, 5) is 0. The largest absolute Gasteiger partial charge is 1.00 e. The van der Waals surface area contributed by atoms with Gasteiger partial charge in [0, 0.05) is 0 Å². The van der Waals surface area contributed by atoms with Crippen molar-refractivity contribution >= 4 is 10.1 Å². The molecule has 6 heteroatoms. The fourth-order valence-corrected chi connectivity index (χ4v) is 2.33. The van der Waals surface area contributed by atoms with Crippen LogP contribution < -0.4 is 29.6 Å². The predicted octanol–water partition coefficient (Wildman–Crippen LogP) is -2.18.